The minimum Gasteiger partial charge on any atom is -0.392 e. The fourth-order valence-electron chi connectivity index (χ4n) is 1.22. The molecule has 0 radical (unpaired) electrons. The maximum absolute atomic E-state index is 11.6. The van der Waals surface area contributed by atoms with Crippen LogP contribution in [0.15, 0.2) is 18.2 Å². The predicted molar refractivity (Wildman–Crippen MR) is 62.1 cm³/mol. The van der Waals surface area contributed by atoms with E-state index in [0.29, 0.717) is 0 Å². The lowest BCUT2D eigenvalue weighted by Gasteiger charge is -2.07. The van der Waals surface area contributed by atoms with Crippen molar-refractivity contribution in [3.63, 3.8) is 0 Å². The third kappa shape index (κ3) is 3.40. The maximum atomic E-state index is 11.6. The Morgan fingerprint density at radius 2 is 2.29 bits per heavy atom. The second-order valence-corrected chi connectivity index (χ2v) is 3.86. The molecule has 6 nitrogen and oxygen atoms in total. The number of hydrogen-bond acceptors (Lipinski definition) is 4. The summed E-state index contributed by atoms with van der Waals surface area (Å²) in [6, 6.07) is 4.10. The van der Waals surface area contributed by atoms with Crippen molar-refractivity contribution in [2.45, 2.75) is 13.0 Å². The van der Waals surface area contributed by atoms with Crippen molar-refractivity contribution >= 4 is 23.2 Å². The molecule has 0 bridgehead atoms. The molecule has 1 atom stereocenters. The highest BCUT2D eigenvalue weighted by Gasteiger charge is 2.23. The standard InChI is InChI=1S/C10H11ClN2O4/c1-6(14)5-12-10(15)7-3-2-4-8(11)9(7)13(16)17/h2-4,6,14H,5H2,1H3,(H,12,15)/t6-/m0/s1. The summed E-state index contributed by atoms with van der Waals surface area (Å²) in [5, 5.41) is 22.1. The summed E-state index contributed by atoms with van der Waals surface area (Å²) >= 11 is 5.66. The molecule has 0 fully saturated rings. The Balaban J connectivity index is 3.01. The summed E-state index contributed by atoms with van der Waals surface area (Å²) in [5.41, 5.74) is -0.555. The molecule has 1 aromatic carbocycles. The van der Waals surface area contributed by atoms with Crippen LogP contribution < -0.4 is 5.32 Å². The van der Waals surface area contributed by atoms with E-state index < -0.39 is 22.6 Å². The highest BCUT2D eigenvalue weighted by Crippen LogP contribution is 2.27. The molecule has 1 amide bonds. The molecule has 1 rings (SSSR count). The number of para-hydroxylation sites is 1. The van der Waals surface area contributed by atoms with Gasteiger partial charge in [0, 0.05) is 6.54 Å². The van der Waals surface area contributed by atoms with Gasteiger partial charge < -0.3 is 10.4 Å². The number of amides is 1. The molecule has 2 N–H and O–H groups in total. The van der Waals surface area contributed by atoms with E-state index in [2.05, 4.69) is 5.32 Å². The van der Waals surface area contributed by atoms with Crippen molar-refractivity contribution in [2.24, 2.45) is 0 Å². The number of nitro benzene ring substituents is 1. The zero-order chi connectivity index (χ0) is 13.0. The van der Waals surface area contributed by atoms with E-state index in [0.717, 1.165) is 0 Å². The van der Waals surface area contributed by atoms with Crippen molar-refractivity contribution in [3.8, 4) is 0 Å². The fourth-order valence-corrected chi connectivity index (χ4v) is 1.46. The van der Waals surface area contributed by atoms with Crippen molar-refractivity contribution in [2.75, 3.05) is 6.54 Å². The smallest absolute Gasteiger partial charge is 0.300 e. The molecule has 0 aliphatic rings. The zero-order valence-corrected chi connectivity index (χ0v) is 9.77. The Kier molecular flexibility index (Phi) is 4.42. The van der Waals surface area contributed by atoms with Gasteiger partial charge in [-0.1, -0.05) is 17.7 Å². The van der Waals surface area contributed by atoms with E-state index in [9.17, 15) is 14.9 Å². The number of aliphatic hydroxyl groups is 1. The number of hydrogen-bond donors (Lipinski definition) is 2. The lowest BCUT2D eigenvalue weighted by Crippen LogP contribution is -2.31. The minimum atomic E-state index is -0.725. The van der Waals surface area contributed by atoms with Gasteiger partial charge in [-0.3, -0.25) is 14.9 Å². The first-order valence-electron chi connectivity index (χ1n) is 4.82. The Morgan fingerprint density at radius 3 is 2.82 bits per heavy atom. The molecule has 0 aliphatic heterocycles. The third-order valence-corrected chi connectivity index (χ3v) is 2.28. The molecular formula is C10H11ClN2O4. The Morgan fingerprint density at radius 1 is 1.65 bits per heavy atom. The topological polar surface area (TPSA) is 92.5 Å². The van der Waals surface area contributed by atoms with Crippen LogP contribution in [0.4, 0.5) is 5.69 Å². The number of nitrogens with zero attached hydrogens (tertiary/aromatic N) is 1. The number of nitrogens with one attached hydrogen (secondary N) is 1. The second kappa shape index (κ2) is 5.60. The van der Waals surface area contributed by atoms with Crippen molar-refractivity contribution in [3.05, 3.63) is 38.9 Å². The lowest BCUT2D eigenvalue weighted by atomic mass is 10.1. The number of rotatable bonds is 4. The molecule has 0 spiro atoms. The zero-order valence-electron chi connectivity index (χ0n) is 9.01. The molecule has 0 aromatic heterocycles. The van der Waals surface area contributed by atoms with Gasteiger partial charge >= 0.3 is 5.69 Å². The van der Waals surface area contributed by atoms with Crippen molar-refractivity contribution in [1.29, 1.82) is 0 Å². The van der Waals surface area contributed by atoms with Crippen LogP contribution in [-0.2, 0) is 0 Å². The minimum absolute atomic E-state index is 0.0164. The first-order chi connectivity index (χ1) is 7.93. The molecule has 7 heteroatoms. The summed E-state index contributed by atoms with van der Waals surface area (Å²) in [6.07, 6.45) is -0.725. The summed E-state index contributed by atoms with van der Waals surface area (Å²) in [5.74, 6) is -0.639. The molecular weight excluding hydrogens is 248 g/mol. The Bertz CT molecular complexity index is 448. The molecule has 0 heterocycles. The summed E-state index contributed by atoms with van der Waals surface area (Å²) in [6.45, 7) is 1.51. The second-order valence-electron chi connectivity index (χ2n) is 3.45. The number of benzene rings is 1. The fraction of sp³-hybridized carbons (Fsp3) is 0.300. The lowest BCUT2D eigenvalue weighted by molar-refractivity contribution is -0.385. The molecule has 17 heavy (non-hydrogen) atoms. The van der Waals surface area contributed by atoms with Crippen LogP contribution >= 0.6 is 11.6 Å². The van der Waals surface area contributed by atoms with Crippen LogP contribution in [0.5, 0.6) is 0 Å². The summed E-state index contributed by atoms with van der Waals surface area (Å²) in [7, 11) is 0. The monoisotopic (exact) mass is 258 g/mol. The number of nitro groups is 1. The van der Waals surface area contributed by atoms with Gasteiger partial charge in [0.05, 0.1) is 11.0 Å². The van der Waals surface area contributed by atoms with Gasteiger partial charge in [-0.15, -0.1) is 0 Å². The van der Waals surface area contributed by atoms with Crippen LogP contribution in [0.25, 0.3) is 0 Å². The summed E-state index contributed by atoms with van der Waals surface area (Å²) in [4.78, 5) is 21.7. The first kappa shape index (κ1) is 13.4. The van der Waals surface area contributed by atoms with E-state index >= 15 is 0 Å². The van der Waals surface area contributed by atoms with Crippen molar-refractivity contribution in [1.82, 2.24) is 5.32 Å². The van der Waals surface area contributed by atoms with Gasteiger partial charge in [-0.05, 0) is 19.1 Å². The van der Waals surface area contributed by atoms with Gasteiger partial charge in [0.15, 0.2) is 0 Å². The van der Waals surface area contributed by atoms with Crippen LogP contribution in [0.1, 0.15) is 17.3 Å². The highest BCUT2D eigenvalue weighted by atomic mass is 35.5. The van der Waals surface area contributed by atoms with Crippen molar-refractivity contribution < 1.29 is 14.8 Å². The van der Waals surface area contributed by atoms with Crippen LogP contribution in [0, 0.1) is 10.1 Å². The largest absolute Gasteiger partial charge is 0.392 e. The number of carbonyl (C=O) groups excluding carboxylic acids is 1. The van der Waals surface area contributed by atoms with Crippen LogP contribution in [0.3, 0.4) is 0 Å². The average Bonchev–Trinajstić information content (AvgIpc) is 2.24. The Hall–Kier alpha value is -1.66. The first-order valence-corrected chi connectivity index (χ1v) is 5.20. The third-order valence-electron chi connectivity index (χ3n) is 1.97. The van der Waals surface area contributed by atoms with E-state index in [1.54, 1.807) is 0 Å². The van der Waals surface area contributed by atoms with E-state index in [1.807, 2.05) is 0 Å². The quantitative estimate of drug-likeness (QED) is 0.630. The van der Waals surface area contributed by atoms with E-state index in [-0.39, 0.29) is 17.1 Å². The average molecular weight is 259 g/mol. The molecule has 0 saturated heterocycles. The highest BCUT2D eigenvalue weighted by molar-refractivity contribution is 6.33. The Labute approximate surface area is 102 Å². The van der Waals surface area contributed by atoms with Gasteiger partial charge in [0.1, 0.15) is 10.6 Å². The van der Waals surface area contributed by atoms with E-state index in [4.69, 9.17) is 16.7 Å². The SMILES string of the molecule is C[C@H](O)CNC(=O)c1cccc(Cl)c1[N+](=O)[O-]. The number of halogens is 1. The summed E-state index contributed by atoms with van der Waals surface area (Å²) < 4.78 is 0. The number of aliphatic hydroxyl groups excluding tert-OH is 1. The molecule has 0 saturated carbocycles. The molecule has 0 aliphatic carbocycles. The van der Waals surface area contributed by atoms with Gasteiger partial charge in [0.25, 0.3) is 5.91 Å². The van der Waals surface area contributed by atoms with Gasteiger partial charge in [-0.25, -0.2) is 0 Å². The predicted octanol–water partition coefficient (Wildman–Crippen LogP) is 1.36. The van der Waals surface area contributed by atoms with Crippen LogP contribution in [0.2, 0.25) is 5.02 Å². The number of carbonyl (C=O) groups is 1. The van der Waals surface area contributed by atoms with Gasteiger partial charge in [-0.2, -0.15) is 0 Å². The maximum Gasteiger partial charge on any atom is 0.300 e. The van der Waals surface area contributed by atoms with Crippen LogP contribution in [-0.4, -0.2) is 28.6 Å². The van der Waals surface area contributed by atoms with E-state index in [1.165, 1.54) is 25.1 Å². The van der Waals surface area contributed by atoms with Gasteiger partial charge in [0.2, 0.25) is 0 Å². The molecule has 0 unspecified atom stereocenters. The normalized spacial score (nSPS) is 11.9. The molecule has 92 valence electrons. The molecule has 1 aromatic rings.